The second-order valence-corrected chi connectivity index (χ2v) is 4.67. The number of hydrogen-bond acceptors (Lipinski definition) is 3. The van der Waals surface area contributed by atoms with Crippen LogP contribution in [0.25, 0.3) is 0 Å². The highest BCUT2D eigenvalue weighted by Crippen LogP contribution is 2.19. The summed E-state index contributed by atoms with van der Waals surface area (Å²) < 4.78 is 0. The predicted molar refractivity (Wildman–Crippen MR) is 63.4 cm³/mol. The predicted octanol–water partition coefficient (Wildman–Crippen LogP) is 1.37. The van der Waals surface area contributed by atoms with Crippen LogP contribution in [0, 0.1) is 11.8 Å². The van der Waals surface area contributed by atoms with E-state index in [9.17, 15) is 4.79 Å². The third-order valence-electron chi connectivity index (χ3n) is 2.59. The number of aliphatic hydroxyl groups excluding tert-OH is 1. The minimum absolute atomic E-state index is 0.0157. The number of hydrogen-bond donors (Lipinski definition) is 2. The molecule has 0 bridgehead atoms. The minimum atomic E-state index is -0.151. The molecule has 1 aliphatic rings. The molecule has 0 radical (unpaired) electrons. The van der Waals surface area contributed by atoms with Crippen LogP contribution in [0.15, 0.2) is 11.4 Å². The third-order valence-corrected chi connectivity index (χ3v) is 3.44. The van der Waals surface area contributed by atoms with Crippen molar-refractivity contribution in [2.45, 2.75) is 25.3 Å². The van der Waals surface area contributed by atoms with Crippen LogP contribution in [-0.4, -0.2) is 23.7 Å². The summed E-state index contributed by atoms with van der Waals surface area (Å²) in [6, 6.07) is 2.13. The normalized spacial score (nSPS) is 14.8. The van der Waals surface area contributed by atoms with Crippen molar-refractivity contribution in [3.05, 3.63) is 21.9 Å². The number of carbonyl (C=O) groups excluding carboxylic acids is 1. The molecule has 2 N–H and O–H groups in total. The average molecular weight is 235 g/mol. The van der Waals surface area contributed by atoms with Gasteiger partial charge in [0, 0.05) is 11.4 Å². The van der Waals surface area contributed by atoms with Gasteiger partial charge in [0.2, 0.25) is 0 Å². The maximum atomic E-state index is 11.7. The van der Waals surface area contributed by atoms with Crippen molar-refractivity contribution in [2.75, 3.05) is 6.61 Å². The molecule has 0 unspecified atom stereocenters. The molecule has 4 heteroatoms. The van der Waals surface area contributed by atoms with E-state index in [-0.39, 0.29) is 12.5 Å². The zero-order valence-electron chi connectivity index (χ0n) is 8.82. The van der Waals surface area contributed by atoms with E-state index in [1.807, 2.05) is 0 Å². The molecule has 1 saturated carbocycles. The minimum Gasteiger partial charge on any atom is -0.384 e. The lowest BCUT2D eigenvalue weighted by Gasteiger charge is -2.26. The standard InChI is InChI=1S/C12H13NO2S/c14-6-2-5-11-7-9(8-16-11)12(15)13-10-3-1-4-10/h7-8,10,14H,1,3-4,6H2,(H,13,15). The van der Waals surface area contributed by atoms with Gasteiger partial charge in [0.05, 0.1) is 10.4 Å². The first-order chi connectivity index (χ1) is 7.79. The molecule has 16 heavy (non-hydrogen) atoms. The van der Waals surface area contributed by atoms with Crippen molar-refractivity contribution in [3.63, 3.8) is 0 Å². The highest BCUT2D eigenvalue weighted by atomic mass is 32.1. The quantitative estimate of drug-likeness (QED) is 0.761. The monoisotopic (exact) mass is 235 g/mol. The Bertz CT molecular complexity index is 437. The number of rotatable bonds is 2. The maximum Gasteiger partial charge on any atom is 0.252 e. The SMILES string of the molecule is O=C(NC1CCC1)c1csc(C#CCO)c1. The second kappa shape index (κ2) is 5.15. The molecule has 0 aliphatic heterocycles. The number of aliphatic hydroxyl groups is 1. The fourth-order valence-corrected chi connectivity index (χ4v) is 2.22. The van der Waals surface area contributed by atoms with Crippen molar-refractivity contribution in [2.24, 2.45) is 0 Å². The van der Waals surface area contributed by atoms with Gasteiger partial charge in [-0.2, -0.15) is 0 Å². The van der Waals surface area contributed by atoms with Gasteiger partial charge < -0.3 is 10.4 Å². The summed E-state index contributed by atoms with van der Waals surface area (Å²) in [6.07, 6.45) is 3.39. The Hall–Kier alpha value is -1.31. The highest BCUT2D eigenvalue weighted by Gasteiger charge is 2.20. The average Bonchev–Trinajstić information content (AvgIpc) is 2.69. The molecule has 84 valence electrons. The first-order valence-corrected chi connectivity index (χ1v) is 6.16. The van der Waals surface area contributed by atoms with Gasteiger partial charge in [-0.05, 0) is 25.3 Å². The zero-order valence-corrected chi connectivity index (χ0v) is 9.64. The van der Waals surface area contributed by atoms with Crippen LogP contribution < -0.4 is 5.32 Å². The molecule has 1 fully saturated rings. The van der Waals surface area contributed by atoms with E-state index >= 15 is 0 Å². The number of amides is 1. The Balaban J connectivity index is 1.97. The summed E-state index contributed by atoms with van der Waals surface area (Å²) in [5.41, 5.74) is 0.666. The Kier molecular flexibility index (Phi) is 3.60. The lowest BCUT2D eigenvalue weighted by atomic mass is 9.93. The largest absolute Gasteiger partial charge is 0.384 e. The summed E-state index contributed by atoms with van der Waals surface area (Å²) in [5, 5.41) is 13.3. The number of carbonyl (C=O) groups is 1. The van der Waals surface area contributed by atoms with Crippen molar-refractivity contribution in [1.82, 2.24) is 5.32 Å². The summed E-state index contributed by atoms with van der Waals surface area (Å²) in [5.74, 6) is 5.34. The molecule has 0 aromatic carbocycles. The van der Waals surface area contributed by atoms with Gasteiger partial charge in [-0.3, -0.25) is 4.79 Å². The molecule has 0 atom stereocenters. The van der Waals surface area contributed by atoms with E-state index in [0.717, 1.165) is 17.7 Å². The van der Waals surface area contributed by atoms with Crippen molar-refractivity contribution in [3.8, 4) is 11.8 Å². The van der Waals surface area contributed by atoms with Crippen molar-refractivity contribution >= 4 is 17.2 Å². The first kappa shape index (κ1) is 11.2. The van der Waals surface area contributed by atoms with E-state index in [0.29, 0.717) is 11.6 Å². The van der Waals surface area contributed by atoms with Crippen LogP contribution >= 0.6 is 11.3 Å². The lowest BCUT2D eigenvalue weighted by molar-refractivity contribution is 0.0917. The Labute approximate surface area is 98.5 Å². The molecule has 2 rings (SSSR count). The van der Waals surface area contributed by atoms with Crippen molar-refractivity contribution in [1.29, 1.82) is 0 Å². The van der Waals surface area contributed by atoms with Crippen LogP contribution in [0.3, 0.4) is 0 Å². The molecule has 0 saturated heterocycles. The van der Waals surface area contributed by atoms with Gasteiger partial charge in [-0.1, -0.05) is 11.8 Å². The molecular weight excluding hydrogens is 222 g/mol. The molecule has 1 aromatic rings. The third kappa shape index (κ3) is 2.63. The Morgan fingerprint density at radius 1 is 1.62 bits per heavy atom. The molecule has 1 amide bonds. The fourth-order valence-electron chi connectivity index (χ4n) is 1.47. The number of nitrogens with one attached hydrogen (secondary N) is 1. The summed E-state index contributed by atoms with van der Waals surface area (Å²) in [6.45, 7) is -0.151. The highest BCUT2D eigenvalue weighted by molar-refractivity contribution is 7.10. The van der Waals surface area contributed by atoms with Crippen LogP contribution in [-0.2, 0) is 0 Å². The summed E-state index contributed by atoms with van der Waals surface area (Å²) in [4.78, 5) is 12.5. The van der Waals surface area contributed by atoms with Gasteiger partial charge in [0.25, 0.3) is 5.91 Å². The van der Waals surface area contributed by atoms with Gasteiger partial charge in [-0.25, -0.2) is 0 Å². The molecule has 1 aliphatic carbocycles. The van der Waals surface area contributed by atoms with Crippen molar-refractivity contribution < 1.29 is 9.90 Å². The number of thiophene rings is 1. The van der Waals surface area contributed by atoms with Gasteiger partial charge in [0.15, 0.2) is 0 Å². The molecule has 1 heterocycles. The van der Waals surface area contributed by atoms with Gasteiger partial charge in [-0.15, -0.1) is 11.3 Å². The summed E-state index contributed by atoms with van der Waals surface area (Å²) >= 11 is 1.42. The molecule has 1 aromatic heterocycles. The Morgan fingerprint density at radius 2 is 2.44 bits per heavy atom. The van der Waals surface area contributed by atoms with E-state index in [2.05, 4.69) is 17.2 Å². The van der Waals surface area contributed by atoms with E-state index in [1.54, 1.807) is 11.4 Å². The van der Waals surface area contributed by atoms with Crippen LogP contribution in [0.1, 0.15) is 34.5 Å². The molecular formula is C12H13NO2S. The maximum absolute atomic E-state index is 11.7. The van der Waals surface area contributed by atoms with Crippen LogP contribution in [0.5, 0.6) is 0 Å². The zero-order chi connectivity index (χ0) is 11.4. The molecule has 0 spiro atoms. The fraction of sp³-hybridized carbons (Fsp3) is 0.417. The summed E-state index contributed by atoms with van der Waals surface area (Å²) in [7, 11) is 0. The van der Waals surface area contributed by atoms with Gasteiger partial charge in [0.1, 0.15) is 6.61 Å². The van der Waals surface area contributed by atoms with E-state index < -0.39 is 0 Å². The van der Waals surface area contributed by atoms with Crippen LogP contribution in [0.2, 0.25) is 0 Å². The Morgan fingerprint density at radius 3 is 3.06 bits per heavy atom. The first-order valence-electron chi connectivity index (χ1n) is 5.28. The topological polar surface area (TPSA) is 49.3 Å². The van der Waals surface area contributed by atoms with Crippen LogP contribution in [0.4, 0.5) is 0 Å². The van der Waals surface area contributed by atoms with E-state index in [1.165, 1.54) is 17.8 Å². The van der Waals surface area contributed by atoms with Gasteiger partial charge >= 0.3 is 0 Å². The smallest absolute Gasteiger partial charge is 0.252 e. The molecule has 3 nitrogen and oxygen atoms in total. The second-order valence-electron chi connectivity index (χ2n) is 3.76. The lowest BCUT2D eigenvalue weighted by Crippen LogP contribution is -2.39. The van der Waals surface area contributed by atoms with E-state index in [4.69, 9.17) is 5.11 Å².